The zero-order valence-corrected chi connectivity index (χ0v) is 7.38. The highest BCUT2D eigenvalue weighted by atomic mass is 16.3. The Balaban J connectivity index is 3.45. The van der Waals surface area contributed by atoms with Crippen molar-refractivity contribution in [1.82, 2.24) is 0 Å². The molecule has 0 spiro atoms. The summed E-state index contributed by atoms with van der Waals surface area (Å²) in [7, 11) is 0. The van der Waals surface area contributed by atoms with Gasteiger partial charge in [-0.2, -0.15) is 0 Å². The van der Waals surface area contributed by atoms with E-state index in [-0.39, 0.29) is 12.5 Å². The van der Waals surface area contributed by atoms with Gasteiger partial charge in [-0.3, -0.25) is 0 Å². The Hall–Kier alpha value is -0.340. The van der Waals surface area contributed by atoms with Gasteiger partial charge >= 0.3 is 0 Å². The third kappa shape index (κ3) is 4.99. The third-order valence-corrected chi connectivity index (χ3v) is 1.81. The number of hydrogen-bond acceptors (Lipinski definition) is 2. The van der Waals surface area contributed by atoms with Gasteiger partial charge in [-0.25, -0.2) is 0 Å². The number of aliphatic hydroxyl groups excluding tert-OH is 2. The summed E-state index contributed by atoms with van der Waals surface area (Å²) < 4.78 is 0. The number of rotatable bonds is 5. The number of hydrogen-bond donors (Lipinski definition) is 2. The molecular weight excluding hydrogens is 140 g/mol. The van der Waals surface area contributed by atoms with E-state index in [1.807, 2.05) is 13.8 Å². The molecule has 0 rings (SSSR count). The van der Waals surface area contributed by atoms with Crippen LogP contribution in [0.25, 0.3) is 0 Å². The van der Waals surface area contributed by atoms with Crippen LogP contribution in [0.4, 0.5) is 0 Å². The van der Waals surface area contributed by atoms with Gasteiger partial charge in [0.15, 0.2) is 0 Å². The van der Waals surface area contributed by atoms with Gasteiger partial charge in [-0.05, 0) is 25.7 Å². The summed E-state index contributed by atoms with van der Waals surface area (Å²) in [6.45, 7) is 7.62. The van der Waals surface area contributed by atoms with Crippen molar-refractivity contribution < 1.29 is 10.2 Å². The second-order valence-electron chi connectivity index (χ2n) is 3.23. The van der Waals surface area contributed by atoms with Gasteiger partial charge < -0.3 is 10.2 Å². The largest absolute Gasteiger partial charge is 0.396 e. The maximum absolute atomic E-state index is 9.29. The van der Waals surface area contributed by atoms with E-state index >= 15 is 0 Å². The molecular formula is C9H18O2. The Morgan fingerprint density at radius 1 is 1.45 bits per heavy atom. The topological polar surface area (TPSA) is 40.5 Å². The van der Waals surface area contributed by atoms with Crippen molar-refractivity contribution in [1.29, 1.82) is 0 Å². The molecule has 0 aromatic rings. The van der Waals surface area contributed by atoms with Crippen molar-refractivity contribution in [3.05, 3.63) is 12.2 Å². The second kappa shape index (κ2) is 5.33. The van der Waals surface area contributed by atoms with Crippen LogP contribution in [0.5, 0.6) is 0 Å². The van der Waals surface area contributed by atoms with Crippen LogP contribution in [0.1, 0.15) is 26.7 Å². The van der Waals surface area contributed by atoms with Crippen LogP contribution in [0.15, 0.2) is 12.2 Å². The highest BCUT2D eigenvalue weighted by Crippen LogP contribution is 2.11. The first-order chi connectivity index (χ1) is 5.07. The molecule has 0 aromatic heterocycles. The highest BCUT2D eigenvalue weighted by Gasteiger charge is 2.06. The van der Waals surface area contributed by atoms with Gasteiger partial charge in [0.2, 0.25) is 0 Å². The normalized spacial score (nSPS) is 16.0. The average Bonchev–Trinajstić information content (AvgIpc) is 1.99. The first kappa shape index (κ1) is 10.7. The van der Waals surface area contributed by atoms with E-state index in [2.05, 4.69) is 6.58 Å². The van der Waals surface area contributed by atoms with Gasteiger partial charge in [0, 0.05) is 6.61 Å². The molecule has 0 aromatic carbocycles. The van der Waals surface area contributed by atoms with Crippen LogP contribution in [0.2, 0.25) is 0 Å². The average molecular weight is 158 g/mol. The van der Waals surface area contributed by atoms with Crippen LogP contribution in [-0.2, 0) is 0 Å². The van der Waals surface area contributed by atoms with Crippen LogP contribution < -0.4 is 0 Å². The third-order valence-electron chi connectivity index (χ3n) is 1.81. The Labute approximate surface area is 68.6 Å². The minimum Gasteiger partial charge on any atom is -0.396 e. The molecule has 0 saturated heterocycles. The molecule has 2 nitrogen and oxygen atoms in total. The van der Waals surface area contributed by atoms with Gasteiger partial charge in [-0.1, -0.05) is 19.1 Å². The monoisotopic (exact) mass is 158 g/mol. The standard InChI is InChI=1S/C9H18O2/c1-7(2)9(11)5-4-8(3)6-10/h8-11H,1,4-6H2,2-3H3. The fraction of sp³-hybridized carbons (Fsp3) is 0.778. The maximum Gasteiger partial charge on any atom is 0.0744 e. The summed E-state index contributed by atoms with van der Waals surface area (Å²) in [5, 5.41) is 18.0. The molecule has 0 aliphatic carbocycles. The van der Waals surface area contributed by atoms with Crippen molar-refractivity contribution >= 4 is 0 Å². The lowest BCUT2D eigenvalue weighted by atomic mass is 10.0. The molecule has 2 unspecified atom stereocenters. The quantitative estimate of drug-likeness (QED) is 0.593. The van der Waals surface area contributed by atoms with Crippen molar-refractivity contribution in [3.63, 3.8) is 0 Å². The van der Waals surface area contributed by atoms with Crippen LogP contribution >= 0.6 is 0 Å². The van der Waals surface area contributed by atoms with Gasteiger partial charge in [0.1, 0.15) is 0 Å². The zero-order valence-electron chi connectivity index (χ0n) is 7.38. The molecule has 2 atom stereocenters. The molecule has 2 N–H and O–H groups in total. The summed E-state index contributed by atoms with van der Waals surface area (Å²) in [6, 6.07) is 0. The molecule has 0 heterocycles. The minimum atomic E-state index is -0.399. The summed E-state index contributed by atoms with van der Waals surface area (Å²) in [5.74, 6) is 0.281. The predicted molar refractivity (Wildman–Crippen MR) is 46.3 cm³/mol. The molecule has 2 heteroatoms. The number of aliphatic hydroxyl groups is 2. The van der Waals surface area contributed by atoms with Crippen molar-refractivity contribution in [2.75, 3.05) is 6.61 Å². The lowest BCUT2D eigenvalue weighted by Gasteiger charge is -2.12. The van der Waals surface area contributed by atoms with E-state index in [1.165, 1.54) is 0 Å². The lowest BCUT2D eigenvalue weighted by molar-refractivity contribution is 0.172. The molecule has 0 fully saturated rings. The Kier molecular flexibility index (Phi) is 5.16. The summed E-state index contributed by atoms with van der Waals surface area (Å²) in [6.07, 6.45) is 1.16. The molecule has 0 radical (unpaired) electrons. The second-order valence-corrected chi connectivity index (χ2v) is 3.23. The predicted octanol–water partition coefficient (Wildman–Crippen LogP) is 1.33. The molecule has 0 amide bonds. The van der Waals surface area contributed by atoms with Crippen LogP contribution in [0.3, 0.4) is 0 Å². The van der Waals surface area contributed by atoms with E-state index < -0.39 is 6.10 Å². The summed E-state index contributed by atoms with van der Waals surface area (Å²) in [5.41, 5.74) is 0.801. The highest BCUT2D eigenvalue weighted by molar-refractivity contribution is 4.96. The van der Waals surface area contributed by atoms with Crippen molar-refractivity contribution in [2.45, 2.75) is 32.8 Å². The Bertz CT molecular complexity index is 121. The van der Waals surface area contributed by atoms with Gasteiger partial charge in [-0.15, -0.1) is 0 Å². The van der Waals surface area contributed by atoms with Gasteiger partial charge in [0.25, 0.3) is 0 Å². The Morgan fingerprint density at radius 2 is 2.00 bits per heavy atom. The van der Waals surface area contributed by atoms with Crippen LogP contribution in [-0.4, -0.2) is 22.9 Å². The fourth-order valence-electron chi connectivity index (χ4n) is 0.780. The van der Waals surface area contributed by atoms with E-state index in [9.17, 15) is 5.11 Å². The summed E-state index contributed by atoms with van der Waals surface area (Å²) in [4.78, 5) is 0. The summed E-state index contributed by atoms with van der Waals surface area (Å²) >= 11 is 0. The SMILES string of the molecule is C=C(C)C(O)CCC(C)CO. The van der Waals surface area contributed by atoms with Crippen molar-refractivity contribution in [2.24, 2.45) is 5.92 Å². The van der Waals surface area contributed by atoms with Crippen molar-refractivity contribution in [3.8, 4) is 0 Å². The molecule has 0 aliphatic heterocycles. The first-order valence-electron chi connectivity index (χ1n) is 4.02. The van der Waals surface area contributed by atoms with E-state index in [0.29, 0.717) is 6.42 Å². The zero-order chi connectivity index (χ0) is 8.85. The molecule has 0 aliphatic rings. The Morgan fingerprint density at radius 3 is 2.36 bits per heavy atom. The molecule has 0 bridgehead atoms. The van der Waals surface area contributed by atoms with Gasteiger partial charge in [0.05, 0.1) is 6.10 Å². The minimum absolute atomic E-state index is 0.197. The molecule has 0 saturated carbocycles. The maximum atomic E-state index is 9.29. The van der Waals surface area contributed by atoms with E-state index in [4.69, 9.17) is 5.11 Å². The lowest BCUT2D eigenvalue weighted by Crippen LogP contribution is -2.10. The van der Waals surface area contributed by atoms with Crippen LogP contribution in [0, 0.1) is 5.92 Å². The first-order valence-corrected chi connectivity index (χ1v) is 4.02. The smallest absolute Gasteiger partial charge is 0.0744 e. The fourth-order valence-corrected chi connectivity index (χ4v) is 0.780. The van der Waals surface area contributed by atoms with E-state index in [0.717, 1.165) is 12.0 Å². The molecule has 11 heavy (non-hydrogen) atoms. The molecule has 66 valence electrons. The van der Waals surface area contributed by atoms with E-state index in [1.54, 1.807) is 0 Å².